The standard InChI is InChI=1S/C12H10N4S/c17-8-10-11(9-2-5-13-6-3-9)15-16-7-1-4-14-12(10)16/h1-7,17H,8H2. The maximum Gasteiger partial charge on any atom is 0.159 e. The Morgan fingerprint density at radius 3 is 2.76 bits per heavy atom. The number of hydrogen-bond acceptors (Lipinski definition) is 4. The molecule has 0 saturated carbocycles. The van der Waals surface area contributed by atoms with E-state index in [9.17, 15) is 0 Å². The van der Waals surface area contributed by atoms with E-state index in [2.05, 4.69) is 27.7 Å². The van der Waals surface area contributed by atoms with Gasteiger partial charge in [-0.15, -0.1) is 0 Å². The molecule has 0 aromatic carbocycles. The number of thiol groups is 1. The minimum absolute atomic E-state index is 0.609. The van der Waals surface area contributed by atoms with E-state index in [1.54, 1.807) is 23.1 Å². The summed E-state index contributed by atoms with van der Waals surface area (Å²) in [4.78, 5) is 8.35. The van der Waals surface area contributed by atoms with Crippen LogP contribution in [0.15, 0.2) is 43.0 Å². The Labute approximate surface area is 104 Å². The van der Waals surface area contributed by atoms with Crippen LogP contribution in [-0.2, 0) is 5.75 Å². The predicted molar refractivity (Wildman–Crippen MR) is 68.9 cm³/mol. The van der Waals surface area contributed by atoms with Crippen LogP contribution in [0.25, 0.3) is 16.9 Å². The zero-order chi connectivity index (χ0) is 11.7. The summed E-state index contributed by atoms with van der Waals surface area (Å²) >= 11 is 4.36. The average molecular weight is 242 g/mol. The highest BCUT2D eigenvalue weighted by atomic mass is 32.1. The summed E-state index contributed by atoms with van der Waals surface area (Å²) in [6.45, 7) is 0. The molecule has 0 aliphatic carbocycles. The normalized spacial score (nSPS) is 10.9. The van der Waals surface area contributed by atoms with Crippen molar-refractivity contribution < 1.29 is 0 Å². The number of nitrogens with zero attached hydrogens (tertiary/aromatic N) is 4. The van der Waals surface area contributed by atoms with Crippen molar-refractivity contribution in [1.82, 2.24) is 19.6 Å². The lowest BCUT2D eigenvalue weighted by Gasteiger charge is -1.98. The minimum atomic E-state index is 0.609. The zero-order valence-electron chi connectivity index (χ0n) is 8.98. The highest BCUT2D eigenvalue weighted by Crippen LogP contribution is 2.25. The van der Waals surface area contributed by atoms with E-state index in [4.69, 9.17) is 0 Å². The molecule has 3 rings (SSSR count). The predicted octanol–water partition coefficient (Wildman–Crippen LogP) is 2.22. The molecule has 3 heterocycles. The van der Waals surface area contributed by atoms with Crippen molar-refractivity contribution in [3.05, 3.63) is 48.5 Å². The van der Waals surface area contributed by atoms with Gasteiger partial charge in [0.1, 0.15) is 0 Å². The van der Waals surface area contributed by atoms with Gasteiger partial charge in [0.15, 0.2) is 5.65 Å². The molecule has 5 heteroatoms. The third-order valence-corrected chi connectivity index (χ3v) is 2.92. The van der Waals surface area contributed by atoms with E-state index in [-0.39, 0.29) is 0 Å². The molecule has 0 aliphatic heterocycles. The second kappa shape index (κ2) is 4.18. The second-order valence-electron chi connectivity index (χ2n) is 3.61. The van der Waals surface area contributed by atoms with E-state index in [0.717, 1.165) is 22.5 Å². The van der Waals surface area contributed by atoms with Crippen LogP contribution in [0.3, 0.4) is 0 Å². The first kappa shape index (κ1) is 10.3. The Balaban J connectivity index is 2.30. The molecule has 0 amide bonds. The van der Waals surface area contributed by atoms with Gasteiger partial charge in [0, 0.05) is 41.7 Å². The number of hydrogen-bond donors (Lipinski definition) is 1. The van der Waals surface area contributed by atoms with Gasteiger partial charge in [-0.1, -0.05) is 0 Å². The highest BCUT2D eigenvalue weighted by Gasteiger charge is 2.13. The molecule has 3 aromatic heterocycles. The molecule has 17 heavy (non-hydrogen) atoms. The van der Waals surface area contributed by atoms with E-state index >= 15 is 0 Å². The zero-order valence-corrected chi connectivity index (χ0v) is 9.88. The molecule has 0 bridgehead atoms. The lowest BCUT2D eigenvalue weighted by Crippen LogP contribution is -1.87. The van der Waals surface area contributed by atoms with Crippen molar-refractivity contribution in [3.8, 4) is 11.3 Å². The molecule has 84 valence electrons. The molecule has 0 spiro atoms. The molecule has 4 nitrogen and oxygen atoms in total. The summed E-state index contributed by atoms with van der Waals surface area (Å²) in [5, 5.41) is 4.53. The molecule has 0 radical (unpaired) electrons. The van der Waals surface area contributed by atoms with Crippen molar-refractivity contribution in [2.75, 3.05) is 0 Å². The number of rotatable bonds is 2. The second-order valence-corrected chi connectivity index (χ2v) is 3.93. The van der Waals surface area contributed by atoms with Gasteiger partial charge in [-0.2, -0.15) is 17.7 Å². The molecule has 0 unspecified atom stereocenters. The van der Waals surface area contributed by atoms with Crippen LogP contribution < -0.4 is 0 Å². The molecular formula is C12H10N4S. The molecule has 0 N–H and O–H groups in total. The van der Waals surface area contributed by atoms with Crippen LogP contribution in [0.5, 0.6) is 0 Å². The van der Waals surface area contributed by atoms with Crippen LogP contribution in [0.2, 0.25) is 0 Å². The Hall–Kier alpha value is -1.88. The fourth-order valence-electron chi connectivity index (χ4n) is 1.82. The van der Waals surface area contributed by atoms with E-state index in [1.165, 1.54) is 0 Å². The summed E-state index contributed by atoms with van der Waals surface area (Å²) in [5.74, 6) is 0.609. The van der Waals surface area contributed by atoms with E-state index < -0.39 is 0 Å². The first-order valence-corrected chi connectivity index (χ1v) is 5.87. The van der Waals surface area contributed by atoms with Gasteiger partial charge in [0.05, 0.1) is 5.69 Å². The first-order valence-electron chi connectivity index (χ1n) is 5.23. The fraction of sp³-hybridized carbons (Fsp3) is 0.0833. The molecule has 0 atom stereocenters. The Kier molecular flexibility index (Phi) is 2.53. The fourth-order valence-corrected chi connectivity index (χ4v) is 2.11. The van der Waals surface area contributed by atoms with Gasteiger partial charge < -0.3 is 0 Å². The maximum absolute atomic E-state index is 4.53. The number of pyridine rings is 1. The summed E-state index contributed by atoms with van der Waals surface area (Å²) in [6, 6.07) is 5.74. The number of fused-ring (bicyclic) bond motifs is 1. The van der Waals surface area contributed by atoms with Gasteiger partial charge >= 0.3 is 0 Å². The maximum atomic E-state index is 4.53. The van der Waals surface area contributed by atoms with Crippen molar-refractivity contribution in [2.24, 2.45) is 0 Å². The Morgan fingerprint density at radius 2 is 2.00 bits per heavy atom. The van der Waals surface area contributed by atoms with Crippen LogP contribution in [0.1, 0.15) is 5.56 Å². The lowest BCUT2D eigenvalue weighted by molar-refractivity contribution is 0.943. The quantitative estimate of drug-likeness (QED) is 0.701. The van der Waals surface area contributed by atoms with Crippen molar-refractivity contribution in [1.29, 1.82) is 0 Å². The average Bonchev–Trinajstić information content (AvgIpc) is 2.78. The third kappa shape index (κ3) is 1.68. The third-order valence-electron chi connectivity index (χ3n) is 2.60. The molecule has 0 saturated heterocycles. The lowest BCUT2D eigenvalue weighted by atomic mass is 10.1. The van der Waals surface area contributed by atoms with Gasteiger partial charge in [-0.25, -0.2) is 9.50 Å². The van der Waals surface area contributed by atoms with Gasteiger partial charge in [-0.3, -0.25) is 4.98 Å². The Morgan fingerprint density at radius 1 is 1.18 bits per heavy atom. The van der Waals surface area contributed by atoms with Crippen LogP contribution in [0, 0.1) is 0 Å². The minimum Gasteiger partial charge on any atom is -0.265 e. The van der Waals surface area contributed by atoms with Crippen molar-refractivity contribution in [3.63, 3.8) is 0 Å². The van der Waals surface area contributed by atoms with Gasteiger partial charge in [0.2, 0.25) is 0 Å². The van der Waals surface area contributed by atoms with Crippen molar-refractivity contribution in [2.45, 2.75) is 5.75 Å². The summed E-state index contributed by atoms with van der Waals surface area (Å²) in [7, 11) is 0. The van der Waals surface area contributed by atoms with Gasteiger partial charge in [0.25, 0.3) is 0 Å². The van der Waals surface area contributed by atoms with Crippen LogP contribution in [0.4, 0.5) is 0 Å². The molecular weight excluding hydrogens is 232 g/mol. The molecule has 0 fully saturated rings. The van der Waals surface area contributed by atoms with E-state index in [0.29, 0.717) is 5.75 Å². The molecule has 3 aromatic rings. The monoisotopic (exact) mass is 242 g/mol. The largest absolute Gasteiger partial charge is 0.265 e. The molecule has 0 aliphatic rings. The number of aromatic nitrogens is 4. The van der Waals surface area contributed by atoms with E-state index in [1.807, 2.05) is 24.4 Å². The summed E-state index contributed by atoms with van der Waals surface area (Å²) in [6.07, 6.45) is 7.17. The van der Waals surface area contributed by atoms with Gasteiger partial charge in [-0.05, 0) is 18.2 Å². The first-order chi connectivity index (χ1) is 8.40. The summed E-state index contributed by atoms with van der Waals surface area (Å²) < 4.78 is 1.78. The van der Waals surface area contributed by atoms with Crippen LogP contribution in [-0.4, -0.2) is 19.6 Å². The topological polar surface area (TPSA) is 43.1 Å². The highest BCUT2D eigenvalue weighted by molar-refractivity contribution is 7.79. The van der Waals surface area contributed by atoms with Crippen LogP contribution >= 0.6 is 12.6 Å². The smallest absolute Gasteiger partial charge is 0.159 e. The summed E-state index contributed by atoms with van der Waals surface area (Å²) in [5.41, 5.74) is 3.85. The van der Waals surface area contributed by atoms with Crippen molar-refractivity contribution >= 4 is 18.3 Å². The SMILES string of the molecule is SCc1c(-c2ccncc2)nn2cccnc12. The Bertz CT molecular complexity index is 648.